The van der Waals surface area contributed by atoms with E-state index in [0.717, 1.165) is 21.9 Å². The summed E-state index contributed by atoms with van der Waals surface area (Å²) in [6.45, 7) is 2.09. The number of nitro benzene ring substituents is 1. The van der Waals surface area contributed by atoms with Crippen LogP contribution in [-0.4, -0.2) is 23.1 Å². The fourth-order valence-corrected chi connectivity index (χ4v) is 5.56. The summed E-state index contributed by atoms with van der Waals surface area (Å²) in [5.41, 5.74) is 2.96. The smallest absolute Gasteiger partial charge is 0.269 e. The summed E-state index contributed by atoms with van der Waals surface area (Å²) < 4.78 is 12.5. The predicted octanol–water partition coefficient (Wildman–Crippen LogP) is 7.30. The van der Waals surface area contributed by atoms with Crippen LogP contribution in [-0.2, 0) is 11.4 Å². The zero-order chi connectivity index (χ0) is 27.5. The van der Waals surface area contributed by atoms with Crippen molar-refractivity contribution in [3.63, 3.8) is 0 Å². The molecule has 0 aliphatic carbocycles. The number of fused-ring (bicyclic) bond motifs is 1. The third-order valence-corrected chi connectivity index (χ3v) is 7.56. The molecular weight excluding hydrogens is 582 g/mol. The van der Waals surface area contributed by atoms with E-state index in [2.05, 4.69) is 44.4 Å². The van der Waals surface area contributed by atoms with Gasteiger partial charge in [0, 0.05) is 12.1 Å². The summed E-state index contributed by atoms with van der Waals surface area (Å²) in [5, 5.41) is 16.4. The number of amidine groups is 1. The first kappa shape index (κ1) is 26.5. The molecule has 0 unspecified atom stereocenters. The first-order valence-corrected chi connectivity index (χ1v) is 13.4. The second kappa shape index (κ2) is 11.3. The molecule has 0 aromatic heterocycles. The molecule has 0 saturated carbocycles. The molecule has 1 fully saturated rings. The molecule has 0 spiro atoms. The Hall–Kier alpha value is -4.15. The molecule has 10 heteroatoms. The highest BCUT2D eigenvalue weighted by Crippen LogP contribution is 2.39. The number of nitrogens with one attached hydrogen (secondary N) is 1. The van der Waals surface area contributed by atoms with Crippen LogP contribution in [0.25, 0.3) is 16.8 Å². The van der Waals surface area contributed by atoms with E-state index in [1.165, 1.54) is 23.9 Å². The molecule has 4 aromatic carbocycles. The van der Waals surface area contributed by atoms with E-state index in [-0.39, 0.29) is 11.6 Å². The SMILES string of the molecule is COc1cc(/C=C2/SC(=Nc3ccc([N+](=O)[O-])cc3C)NC2=O)cc(Br)c1OCc1cccc2ccccc12. The number of non-ortho nitro benzene ring substituents is 1. The monoisotopic (exact) mass is 603 g/mol. The van der Waals surface area contributed by atoms with Crippen molar-refractivity contribution in [2.24, 2.45) is 4.99 Å². The zero-order valence-corrected chi connectivity index (χ0v) is 23.3. The van der Waals surface area contributed by atoms with E-state index in [1.807, 2.05) is 30.3 Å². The number of halogens is 1. The van der Waals surface area contributed by atoms with Gasteiger partial charge in [-0.25, -0.2) is 4.99 Å². The molecule has 8 nitrogen and oxygen atoms in total. The lowest BCUT2D eigenvalue weighted by Gasteiger charge is -2.15. The quantitative estimate of drug-likeness (QED) is 0.135. The lowest BCUT2D eigenvalue weighted by atomic mass is 10.1. The number of amides is 1. The van der Waals surface area contributed by atoms with Gasteiger partial charge in [0.05, 0.1) is 27.1 Å². The summed E-state index contributed by atoms with van der Waals surface area (Å²) in [5.74, 6) is 0.798. The van der Waals surface area contributed by atoms with Crippen molar-refractivity contribution in [1.82, 2.24) is 5.32 Å². The van der Waals surface area contributed by atoms with Gasteiger partial charge in [-0.2, -0.15) is 0 Å². The van der Waals surface area contributed by atoms with Gasteiger partial charge in [-0.15, -0.1) is 0 Å². The number of ether oxygens (including phenoxy) is 2. The fourth-order valence-electron chi connectivity index (χ4n) is 4.15. The Morgan fingerprint density at radius 1 is 1.10 bits per heavy atom. The summed E-state index contributed by atoms with van der Waals surface area (Å²) in [6, 6.07) is 22.3. The average Bonchev–Trinajstić information content (AvgIpc) is 3.26. The van der Waals surface area contributed by atoms with Gasteiger partial charge in [0.2, 0.25) is 0 Å². The molecule has 1 amide bonds. The van der Waals surface area contributed by atoms with Gasteiger partial charge >= 0.3 is 0 Å². The van der Waals surface area contributed by atoms with Gasteiger partial charge in [-0.1, -0.05) is 42.5 Å². The number of nitrogens with zero attached hydrogens (tertiary/aromatic N) is 2. The number of rotatable bonds is 7. The zero-order valence-electron chi connectivity index (χ0n) is 20.9. The van der Waals surface area contributed by atoms with Crippen molar-refractivity contribution in [1.29, 1.82) is 0 Å². The average molecular weight is 604 g/mol. The summed E-state index contributed by atoms with van der Waals surface area (Å²) >= 11 is 4.78. The molecule has 1 heterocycles. The predicted molar refractivity (Wildman–Crippen MR) is 158 cm³/mol. The van der Waals surface area contributed by atoms with Crippen LogP contribution >= 0.6 is 27.7 Å². The molecule has 0 radical (unpaired) electrons. The van der Waals surface area contributed by atoms with Crippen LogP contribution in [0.3, 0.4) is 0 Å². The van der Waals surface area contributed by atoms with E-state index >= 15 is 0 Å². The van der Waals surface area contributed by atoms with E-state index in [9.17, 15) is 14.9 Å². The minimum atomic E-state index is -0.455. The van der Waals surface area contributed by atoms with Gasteiger partial charge in [0.25, 0.3) is 11.6 Å². The lowest BCUT2D eigenvalue weighted by Crippen LogP contribution is -2.19. The minimum Gasteiger partial charge on any atom is -0.493 e. The van der Waals surface area contributed by atoms with Crippen molar-refractivity contribution in [2.45, 2.75) is 13.5 Å². The van der Waals surface area contributed by atoms with E-state index in [4.69, 9.17) is 9.47 Å². The number of thioether (sulfide) groups is 1. The Bertz CT molecular complexity index is 1680. The van der Waals surface area contributed by atoms with Crippen molar-refractivity contribution in [3.8, 4) is 11.5 Å². The third-order valence-electron chi connectivity index (χ3n) is 6.07. The highest BCUT2D eigenvalue weighted by atomic mass is 79.9. The number of hydrogen-bond donors (Lipinski definition) is 1. The van der Waals surface area contributed by atoms with Crippen molar-refractivity contribution < 1.29 is 19.2 Å². The lowest BCUT2D eigenvalue weighted by molar-refractivity contribution is -0.384. The number of aliphatic imine (C=N–C) groups is 1. The van der Waals surface area contributed by atoms with Crippen LogP contribution < -0.4 is 14.8 Å². The molecule has 1 aliphatic heterocycles. The fraction of sp³-hybridized carbons (Fsp3) is 0.103. The molecule has 0 atom stereocenters. The van der Waals surface area contributed by atoms with E-state index < -0.39 is 4.92 Å². The van der Waals surface area contributed by atoms with Gasteiger partial charge in [0.1, 0.15) is 6.61 Å². The Morgan fingerprint density at radius 3 is 2.67 bits per heavy atom. The first-order chi connectivity index (χ1) is 18.8. The Labute approximate surface area is 237 Å². The molecule has 0 bridgehead atoms. The van der Waals surface area contributed by atoms with Crippen LogP contribution in [0.15, 0.2) is 87.2 Å². The maximum Gasteiger partial charge on any atom is 0.269 e. The Balaban J connectivity index is 1.36. The Kier molecular flexibility index (Phi) is 7.67. The molecule has 1 aliphatic rings. The van der Waals surface area contributed by atoms with Crippen LogP contribution in [0.2, 0.25) is 0 Å². The van der Waals surface area contributed by atoms with Crippen LogP contribution in [0.4, 0.5) is 11.4 Å². The van der Waals surface area contributed by atoms with Gasteiger partial charge in [-0.3, -0.25) is 14.9 Å². The normalized spacial score (nSPS) is 15.1. The van der Waals surface area contributed by atoms with Crippen molar-refractivity contribution in [2.75, 3.05) is 7.11 Å². The minimum absolute atomic E-state index is 0.00999. The Morgan fingerprint density at radius 2 is 1.90 bits per heavy atom. The topological polar surface area (TPSA) is 103 Å². The standard InChI is InChI=1S/C29H22BrN3O5S/c1-17-12-21(33(35)36)10-11-24(17)31-29-32-28(34)26(39-29)15-18-13-23(30)27(25(14-18)37-2)38-16-20-8-5-7-19-6-3-4-9-22(19)20/h3-15H,16H2,1-2H3,(H,31,32,34)/b26-15+. The number of nitro groups is 1. The second-order valence-electron chi connectivity index (χ2n) is 8.67. The molecule has 196 valence electrons. The highest BCUT2D eigenvalue weighted by Gasteiger charge is 2.25. The molecule has 39 heavy (non-hydrogen) atoms. The summed E-state index contributed by atoms with van der Waals surface area (Å²) in [4.78, 5) is 28.1. The second-order valence-corrected chi connectivity index (χ2v) is 10.6. The van der Waals surface area contributed by atoms with Crippen LogP contribution in [0.5, 0.6) is 11.5 Å². The van der Waals surface area contributed by atoms with Gasteiger partial charge < -0.3 is 14.8 Å². The number of hydrogen-bond acceptors (Lipinski definition) is 7. The highest BCUT2D eigenvalue weighted by molar-refractivity contribution is 9.10. The summed E-state index contributed by atoms with van der Waals surface area (Å²) in [6.07, 6.45) is 1.74. The number of benzene rings is 4. The first-order valence-electron chi connectivity index (χ1n) is 11.8. The maximum atomic E-state index is 12.6. The summed E-state index contributed by atoms with van der Waals surface area (Å²) in [7, 11) is 1.57. The van der Waals surface area contributed by atoms with E-state index in [0.29, 0.717) is 43.9 Å². The van der Waals surface area contributed by atoms with E-state index in [1.54, 1.807) is 32.2 Å². The largest absolute Gasteiger partial charge is 0.493 e. The molecule has 1 N–H and O–H groups in total. The maximum absolute atomic E-state index is 12.6. The number of aryl methyl sites for hydroxylation is 1. The van der Waals surface area contributed by atoms with Crippen LogP contribution in [0.1, 0.15) is 16.7 Å². The molecule has 1 saturated heterocycles. The number of carbonyl (C=O) groups is 1. The van der Waals surface area contributed by atoms with Crippen LogP contribution in [0, 0.1) is 17.0 Å². The van der Waals surface area contributed by atoms with Gasteiger partial charge in [-0.05, 0) is 86.4 Å². The van der Waals surface area contributed by atoms with Crippen molar-refractivity contribution in [3.05, 3.63) is 109 Å². The molecule has 5 rings (SSSR count). The van der Waals surface area contributed by atoms with Crippen molar-refractivity contribution >= 4 is 67.0 Å². The number of carbonyl (C=O) groups excluding carboxylic acids is 1. The van der Waals surface area contributed by atoms with Gasteiger partial charge in [0.15, 0.2) is 16.7 Å². The third kappa shape index (κ3) is 5.81. The molecular formula is C29H22BrN3O5S. The molecule has 4 aromatic rings. The number of methoxy groups -OCH3 is 1.